The number of hydrogen-bond acceptors (Lipinski definition) is 4. The number of fused-ring (bicyclic) bond motifs is 2. The third-order valence-electron chi connectivity index (χ3n) is 4.30. The first-order valence-corrected chi connectivity index (χ1v) is 7.09. The summed E-state index contributed by atoms with van der Waals surface area (Å²) in [5, 5.41) is 13.8. The van der Waals surface area contributed by atoms with E-state index in [0.29, 0.717) is 17.8 Å². The molecule has 0 aromatic heterocycles. The molecular formula is C15H22N2O2. The molecule has 2 saturated heterocycles. The second-order valence-corrected chi connectivity index (χ2v) is 5.63. The highest BCUT2D eigenvalue weighted by Crippen LogP contribution is 2.31. The van der Waals surface area contributed by atoms with E-state index in [1.165, 1.54) is 19.3 Å². The Kier molecular flexibility index (Phi) is 3.62. The highest BCUT2D eigenvalue weighted by molar-refractivity contribution is 5.45. The number of para-hydroxylation sites is 1. The van der Waals surface area contributed by atoms with Gasteiger partial charge in [0.25, 0.3) is 0 Å². The molecule has 2 aliphatic rings. The average Bonchev–Trinajstić information content (AvgIpc) is 2.75. The first-order valence-electron chi connectivity index (χ1n) is 7.09. The van der Waals surface area contributed by atoms with Crippen molar-refractivity contribution in [3.8, 4) is 11.5 Å². The van der Waals surface area contributed by atoms with Gasteiger partial charge in [0.05, 0.1) is 7.11 Å². The van der Waals surface area contributed by atoms with Crippen LogP contribution >= 0.6 is 0 Å². The lowest BCUT2D eigenvalue weighted by Gasteiger charge is -2.24. The number of likely N-dealkylation sites (tertiary alicyclic amines) is 1. The molecule has 0 radical (unpaired) electrons. The average molecular weight is 262 g/mol. The van der Waals surface area contributed by atoms with Crippen molar-refractivity contribution in [3.63, 3.8) is 0 Å². The van der Waals surface area contributed by atoms with Crippen LogP contribution in [-0.4, -0.2) is 42.3 Å². The minimum absolute atomic E-state index is 0.285. The van der Waals surface area contributed by atoms with E-state index < -0.39 is 0 Å². The van der Waals surface area contributed by atoms with Crippen LogP contribution in [0.1, 0.15) is 24.8 Å². The van der Waals surface area contributed by atoms with E-state index >= 15 is 0 Å². The number of phenols is 1. The topological polar surface area (TPSA) is 44.7 Å². The van der Waals surface area contributed by atoms with Crippen LogP contribution in [0.5, 0.6) is 11.5 Å². The van der Waals surface area contributed by atoms with Gasteiger partial charge in [-0.05, 0) is 25.3 Å². The summed E-state index contributed by atoms with van der Waals surface area (Å²) in [6.07, 6.45) is 3.81. The van der Waals surface area contributed by atoms with Crippen LogP contribution in [0.15, 0.2) is 18.2 Å². The molecule has 0 saturated carbocycles. The van der Waals surface area contributed by atoms with Gasteiger partial charge in [-0.25, -0.2) is 0 Å². The maximum Gasteiger partial charge on any atom is 0.162 e. The molecule has 3 rings (SSSR count). The molecule has 2 aliphatic heterocycles. The molecule has 0 amide bonds. The molecule has 104 valence electrons. The minimum Gasteiger partial charge on any atom is -0.504 e. The number of phenolic OH excluding ortho intramolecular Hbond substituents is 1. The number of hydrogen-bond donors (Lipinski definition) is 2. The summed E-state index contributed by atoms with van der Waals surface area (Å²) >= 11 is 0. The molecule has 2 bridgehead atoms. The van der Waals surface area contributed by atoms with E-state index in [2.05, 4.69) is 10.2 Å². The fraction of sp³-hybridized carbons (Fsp3) is 0.600. The Labute approximate surface area is 114 Å². The minimum atomic E-state index is 0.285. The van der Waals surface area contributed by atoms with Crippen LogP contribution in [0.4, 0.5) is 0 Å². The van der Waals surface area contributed by atoms with Crippen molar-refractivity contribution in [2.45, 2.75) is 37.9 Å². The quantitative estimate of drug-likeness (QED) is 0.871. The summed E-state index contributed by atoms with van der Waals surface area (Å²) in [6.45, 7) is 2.98. The van der Waals surface area contributed by atoms with Crippen molar-refractivity contribution in [1.82, 2.24) is 10.2 Å². The van der Waals surface area contributed by atoms with Gasteiger partial charge < -0.3 is 15.2 Å². The molecule has 4 nitrogen and oxygen atoms in total. The Hall–Kier alpha value is -1.26. The third-order valence-corrected chi connectivity index (χ3v) is 4.30. The standard InChI is InChI=1S/C15H22N2O2/c1-19-14-4-2-3-11(15(14)18)9-17-8-7-12-5-6-13(10-17)16-12/h2-4,12-13,16,18H,5-10H2,1H3. The second-order valence-electron chi connectivity index (χ2n) is 5.63. The largest absolute Gasteiger partial charge is 0.504 e. The monoisotopic (exact) mass is 262 g/mol. The van der Waals surface area contributed by atoms with Gasteiger partial charge in [-0.1, -0.05) is 12.1 Å². The SMILES string of the molecule is COc1cccc(CN2CCC3CCC(C2)N3)c1O. The van der Waals surface area contributed by atoms with Crippen LogP contribution in [0, 0.1) is 0 Å². The fourth-order valence-corrected chi connectivity index (χ4v) is 3.26. The Morgan fingerprint density at radius 3 is 3.00 bits per heavy atom. The van der Waals surface area contributed by atoms with Crippen molar-refractivity contribution >= 4 is 0 Å². The number of methoxy groups -OCH3 is 1. The lowest BCUT2D eigenvalue weighted by atomic mass is 10.1. The number of rotatable bonds is 3. The Morgan fingerprint density at radius 1 is 1.32 bits per heavy atom. The molecule has 2 unspecified atom stereocenters. The van der Waals surface area contributed by atoms with Crippen LogP contribution < -0.4 is 10.1 Å². The molecule has 19 heavy (non-hydrogen) atoms. The molecule has 4 heteroatoms. The zero-order valence-corrected chi connectivity index (χ0v) is 11.4. The van der Waals surface area contributed by atoms with Crippen LogP contribution in [0.2, 0.25) is 0 Å². The van der Waals surface area contributed by atoms with E-state index in [0.717, 1.165) is 25.2 Å². The number of aromatic hydroxyl groups is 1. The molecule has 2 N–H and O–H groups in total. The first-order chi connectivity index (χ1) is 9.26. The molecule has 2 fully saturated rings. The molecule has 2 heterocycles. The highest BCUT2D eigenvalue weighted by Gasteiger charge is 2.29. The maximum atomic E-state index is 10.2. The summed E-state index contributed by atoms with van der Waals surface area (Å²) in [6, 6.07) is 7.05. The zero-order valence-electron chi connectivity index (χ0n) is 11.4. The molecule has 2 atom stereocenters. The van der Waals surface area contributed by atoms with Gasteiger partial charge in [-0.15, -0.1) is 0 Å². The lowest BCUT2D eigenvalue weighted by molar-refractivity contribution is 0.246. The van der Waals surface area contributed by atoms with Crippen molar-refractivity contribution in [2.24, 2.45) is 0 Å². The van der Waals surface area contributed by atoms with Gasteiger partial charge in [0, 0.05) is 37.3 Å². The summed E-state index contributed by atoms with van der Waals surface area (Å²) < 4.78 is 5.17. The van der Waals surface area contributed by atoms with E-state index in [1.54, 1.807) is 13.2 Å². The lowest BCUT2D eigenvalue weighted by Crippen LogP contribution is -2.34. The van der Waals surface area contributed by atoms with E-state index in [4.69, 9.17) is 4.74 Å². The van der Waals surface area contributed by atoms with Crippen molar-refractivity contribution < 1.29 is 9.84 Å². The summed E-state index contributed by atoms with van der Waals surface area (Å²) in [5.41, 5.74) is 0.956. The Balaban J connectivity index is 1.71. The van der Waals surface area contributed by atoms with Gasteiger partial charge in [-0.3, -0.25) is 4.90 Å². The van der Waals surface area contributed by atoms with E-state index in [-0.39, 0.29) is 5.75 Å². The van der Waals surface area contributed by atoms with Gasteiger partial charge in [0.2, 0.25) is 0 Å². The van der Waals surface area contributed by atoms with Crippen molar-refractivity contribution in [2.75, 3.05) is 20.2 Å². The predicted molar refractivity (Wildman–Crippen MR) is 74.5 cm³/mol. The Morgan fingerprint density at radius 2 is 2.16 bits per heavy atom. The van der Waals surface area contributed by atoms with Gasteiger partial charge in [-0.2, -0.15) is 0 Å². The van der Waals surface area contributed by atoms with Crippen molar-refractivity contribution in [1.29, 1.82) is 0 Å². The number of ether oxygens (including phenoxy) is 1. The van der Waals surface area contributed by atoms with Gasteiger partial charge in [0.1, 0.15) is 0 Å². The van der Waals surface area contributed by atoms with Gasteiger partial charge >= 0.3 is 0 Å². The first kappa shape index (κ1) is 12.8. The molecular weight excluding hydrogens is 240 g/mol. The zero-order chi connectivity index (χ0) is 13.2. The van der Waals surface area contributed by atoms with Gasteiger partial charge in [0.15, 0.2) is 11.5 Å². The summed E-state index contributed by atoms with van der Waals surface area (Å²) in [4.78, 5) is 2.44. The van der Waals surface area contributed by atoms with Crippen LogP contribution in [-0.2, 0) is 6.54 Å². The highest BCUT2D eigenvalue weighted by atomic mass is 16.5. The van der Waals surface area contributed by atoms with Crippen LogP contribution in [0.25, 0.3) is 0 Å². The summed E-state index contributed by atoms with van der Waals surface area (Å²) in [7, 11) is 1.59. The molecule has 0 spiro atoms. The second kappa shape index (κ2) is 5.39. The fourth-order valence-electron chi connectivity index (χ4n) is 3.26. The molecule has 1 aromatic rings. The van der Waals surface area contributed by atoms with Crippen molar-refractivity contribution in [3.05, 3.63) is 23.8 Å². The number of benzene rings is 1. The predicted octanol–water partition coefficient (Wildman–Crippen LogP) is 1.73. The Bertz CT molecular complexity index is 450. The number of nitrogens with zero attached hydrogens (tertiary/aromatic N) is 1. The third kappa shape index (κ3) is 2.69. The summed E-state index contributed by atoms with van der Waals surface area (Å²) in [5.74, 6) is 0.847. The molecule has 1 aromatic carbocycles. The molecule has 0 aliphatic carbocycles. The van der Waals surface area contributed by atoms with E-state index in [9.17, 15) is 5.11 Å². The van der Waals surface area contributed by atoms with Crippen LogP contribution in [0.3, 0.4) is 0 Å². The maximum absolute atomic E-state index is 10.2. The smallest absolute Gasteiger partial charge is 0.162 e. The number of nitrogens with one attached hydrogen (secondary N) is 1. The normalized spacial score (nSPS) is 27.2. The van der Waals surface area contributed by atoms with E-state index in [1.807, 2.05) is 12.1 Å².